The number of rotatable bonds is 3. The third-order valence-electron chi connectivity index (χ3n) is 5.56. The molecule has 0 amide bonds. The van der Waals surface area contributed by atoms with Gasteiger partial charge in [0.2, 0.25) is 10.0 Å². The Morgan fingerprint density at radius 1 is 0.846 bits per heavy atom. The number of ketones is 1. The number of carbonyl (C=O) groups is 1. The molecule has 0 bridgehead atoms. The minimum Gasteiger partial charge on any atom is -0.289 e. The minimum atomic E-state index is -3.76. The van der Waals surface area contributed by atoms with Crippen LogP contribution in [0, 0.1) is 0 Å². The molecule has 138 valence electrons. The number of nitrogens with two attached hydrogens (primary N) is 1. The maximum Gasteiger partial charge on any atom is 0.238 e. The fourth-order valence-electron chi connectivity index (χ4n) is 3.69. The van der Waals surface area contributed by atoms with Crippen molar-refractivity contribution in [3.05, 3.63) is 64.7 Å². The summed E-state index contributed by atoms with van der Waals surface area (Å²) in [7, 11) is -3.76. The fraction of sp³-hybridized carbons (Fsp3) is 0.381. The lowest BCUT2D eigenvalue weighted by Crippen LogP contribution is -2.34. The lowest BCUT2D eigenvalue weighted by atomic mass is 9.63. The topological polar surface area (TPSA) is 77.2 Å². The molecule has 1 aliphatic rings. The molecule has 2 aromatic carbocycles. The van der Waals surface area contributed by atoms with E-state index in [1.165, 1.54) is 35.4 Å². The van der Waals surface area contributed by atoms with E-state index in [1.807, 2.05) is 12.1 Å². The van der Waals surface area contributed by atoms with Gasteiger partial charge in [0.05, 0.1) is 4.90 Å². The second-order valence-corrected chi connectivity index (χ2v) is 9.99. The zero-order valence-corrected chi connectivity index (χ0v) is 16.5. The Labute approximate surface area is 155 Å². The van der Waals surface area contributed by atoms with E-state index in [9.17, 15) is 13.2 Å². The lowest BCUT2D eigenvalue weighted by Gasteiger charge is -2.42. The van der Waals surface area contributed by atoms with Crippen molar-refractivity contribution in [3.63, 3.8) is 0 Å². The normalized spacial score (nSPS) is 18.2. The van der Waals surface area contributed by atoms with Crippen molar-refractivity contribution in [2.45, 2.75) is 56.3 Å². The first kappa shape index (κ1) is 18.8. The smallest absolute Gasteiger partial charge is 0.238 e. The van der Waals surface area contributed by atoms with Crippen molar-refractivity contribution >= 4 is 15.8 Å². The van der Waals surface area contributed by atoms with Crippen LogP contribution in [0.2, 0.25) is 0 Å². The van der Waals surface area contributed by atoms with E-state index in [0.717, 1.165) is 12.8 Å². The number of hydrogen-bond acceptors (Lipinski definition) is 3. The predicted octanol–water partition coefficient (Wildman–Crippen LogP) is 3.91. The first-order valence-corrected chi connectivity index (χ1v) is 10.3. The summed E-state index contributed by atoms with van der Waals surface area (Å²) < 4.78 is 22.7. The Balaban J connectivity index is 2.02. The number of fused-ring (bicyclic) bond motifs is 1. The van der Waals surface area contributed by atoms with Crippen LogP contribution >= 0.6 is 0 Å². The average molecular weight is 372 g/mol. The van der Waals surface area contributed by atoms with Crippen LogP contribution in [-0.4, -0.2) is 14.2 Å². The predicted molar refractivity (Wildman–Crippen MR) is 103 cm³/mol. The second kappa shape index (κ2) is 6.03. The van der Waals surface area contributed by atoms with Crippen LogP contribution in [0.15, 0.2) is 47.4 Å². The quantitative estimate of drug-likeness (QED) is 0.831. The van der Waals surface area contributed by atoms with Gasteiger partial charge in [0, 0.05) is 11.1 Å². The summed E-state index contributed by atoms with van der Waals surface area (Å²) in [5.41, 5.74) is 3.72. The first-order chi connectivity index (χ1) is 11.9. The zero-order chi connectivity index (χ0) is 19.3. The van der Waals surface area contributed by atoms with Gasteiger partial charge < -0.3 is 0 Å². The third-order valence-corrected chi connectivity index (χ3v) is 6.49. The van der Waals surface area contributed by atoms with Crippen molar-refractivity contribution < 1.29 is 13.2 Å². The molecule has 5 heteroatoms. The van der Waals surface area contributed by atoms with Crippen LogP contribution in [0.3, 0.4) is 0 Å². The molecule has 0 aliphatic heterocycles. The van der Waals surface area contributed by atoms with Gasteiger partial charge in [0.1, 0.15) is 0 Å². The maximum absolute atomic E-state index is 12.9. The van der Waals surface area contributed by atoms with Crippen molar-refractivity contribution in [3.8, 4) is 0 Å². The van der Waals surface area contributed by atoms with Crippen LogP contribution in [0.25, 0.3) is 0 Å². The van der Waals surface area contributed by atoms with Gasteiger partial charge in [-0.25, -0.2) is 13.6 Å². The average Bonchev–Trinajstić information content (AvgIpc) is 2.57. The Hall–Kier alpha value is -1.98. The van der Waals surface area contributed by atoms with Gasteiger partial charge in [-0.3, -0.25) is 4.79 Å². The van der Waals surface area contributed by atoms with E-state index in [0.29, 0.717) is 11.1 Å². The summed E-state index contributed by atoms with van der Waals surface area (Å²) >= 11 is 0. The molecule has 2 aromatic rings. The number of primary sulfonamides is 1. The number of hydrogen-bond donors (Lipinski definition) is 1. The largest absolute Gasteiger partial charge is 0.289 e. The van der Waals surface area contributed by atoms with Gasteiger partial charge >= 0.3 is 0 Å². The molecular weight excluding hydrogens is 346 g/mol. The zero-order valence-electron chi connectivity index (χ0n) is 15.7. The van der Waals surface area contributed by atoms with E-state index >= 15 is 0 Å². The van der Waals surface area contributed by atoms with E-state index in [4.69, 9.17) is 5.14 Å². The van der Waals surface area contributed by atoms with Crippen LogP contribution in [-0.2, 0) is 20.9 Å². The molecule has 4 nitrogen and oxygen atoms in total. The van der Waals surface area contributed by atoms with Crippen LogP contribution in [0.1, 0.15) is 67.6 Å². The molecule has 0 aromatic heterocycles. The van der Waals surface area contributed by atoms with Crippen LogP contribution < -0.4 is 5.14 Å². The number of sulfonamides is 1. The summed E-state index contributed by atoms with van der Waals surface area (Å²) in [5, 5.41) is 5.11. The Morgan fingerprint density at radius 3 is 1.88 bits per heavy atom. The molecule has 0 saturated heterocycles. The summed E-state index contributed by atoms with van der Waals surface area (Å²) in [4.78, 5) is 12.9. The molecular formula is C21H25NO3S. The van der Waals surface area contributed by atoms with Gasteiger partial charge in [-0.2, -0.15) is 0 Å². The molecule has 0 saturated carbocycles. The monoisotopic (exact) mass is 371 g/mol. The summed E-state index contributed by atoms with van der Waals surface area (Å²) in [6.07, 6.45) is 2.20. The van der Waals surface area contributed by atoms with Crippen molar-refractivity contribution in [1.82, 2.24) is 0 Å². The fourth-order valence-corrected chi connectivity index (χ4v) is 4.21. The highest BCUT2D eigenvalue weighted by Crippen LogP contribution is 2.46. The Kier molecular flexibility index (Phi) is 4.36. The van der Waals surface area contributed by atoms with E-state index in [2.05, 4.69) is 33.8 Å². The second-order valence-electron chi connectivity index (χ2n) is 8.43. The molecule has 0 fully saturated rings. The molecule has 0 heterocycles. The van der Waals surface area contributed by atoms with Gasteiger partial charge in [-0.05, 0) is 65.1 Å². The van der Waals surface area contributed by atoms with Crippen molar-refractivity contribution in [2.75, 3.05) is 0 Å². The highest BCUT2D eigenvalue weighted by molar-refractivity contribution is 7.89. The Bertz CT molecular complexity index is 971. The van der Waals surface area contributed by atoms with E-state index < -0.39 is 10.0 Å². The van der Waals surface area contributed by atoms with Crippen molar-refractivity contribution in [1.29, 1.82) is 0 Å². The summed E-state index contributed by atoms with van der Waals surface area (Å²) in [5.74, 6) is -0.118. The number of benzene rings is 2. The van der Waals surface area contributed by atoms with E-state index in [1.54, 1.807) is 0 Å². The number of carbonyl (C=O) groups excluding carboxylic acids is 1. The lowest BCUT2D eigenvalue weighted by molar-refractivity contribution is 0.103. The molecule has 0 unspecified atom stereocenters. The van der Waals surface area contributed by atoms with Gasteiger partial charge in [0.25, 0.3) is 0 Å². The molecule has 2 N–H and O–H groups in total. The molecule has 0 radical (unpaired) electrons. The molecule has 0 spiro atoms. The highest BCUT2D eigenvalue weighted by Gasteiger charge is 2.37. The Morgan fingerprint density at radius 2 is 1.35 bits per heavy atom. The SMILES string of the molecule is CC1(C)CCC(C)(C)c2cc(C(=O)c3ccc(S(N)(=O)=O)cc3)ccc21. The summed E-state index contributed by atoms with van der Waals surface area (Å²) in [6.45, 7) is 8.93. The van der Waals surface area contributed by atoms with Crippen molar-refractivity contribution in [2.24, 2.45) is 5.14 Å². The molecule has 1 aliphatic carbocycles. The third kappa shape index (κ3) is 3.33. The maximum atomic E-state index is 12.9. The van der Waals surface area contributed by atoms with Gasteiger partial charge in [-0.15, -0.1) is 0 Å². The van der Waals surface area contributed by atoms with Crippen LogP contribution in [0.5, 0.6) is 0 Å². The molecule has 0 atom stereocenters. The minimum absolute atomic E-state index is 0.00220. The molecule has 26 heavy (non-hydrogen) atoms. The standard InChI is InChI=1S/C21H25NO3S/c1-20(2)11-12-21(3,4)18-13-15(7-10-17(18)20)19(23)14-5-8-16(9-6-14)26(22,24)25/h5-10,13H,11-12H2,1-4H3,(H2,22,24,25). The highest BCUT2D eigenvalue weighted by atomic mass is 32.2. The molecule has 3 rings (SSSR count). The van der Waals surface area contributed by atoms with E-state index in [-0.39, 0.29) is 21.5 Å². The van der Waals surface area contributed by atoms with Crippen LogP contribution in [0.4, 0.5) is 0 Å². The van der Waals surface area contributed by atoms with Gasteiger partial charge in [-0.1, -0.05) is 39.8 Å². The summed E-state index contributed by atoms with van der Waals surface area (Å²) in [6, 6.07) is 11.7. The van der Waals surface area contributed by atoms with Gasteiger partial charge in [0.15, 0.2) is 5.78 Å². The first-order valence-electron chi connectivity index (χ1n) is 8.74.